The van der Waals surface area contributed by atoms with E-state index in [1.165, 1.54) is 0 Å². The second kappa shape index (κ2) is 5.54. The number of hydrogen-bond acceptors (Lipinski definition) is 4. The van der Waals surface area contributed by atoms with Gasteiger partial charge in [-0.3, -0.25) is 4.68 Å². The van der Waals surface area contributed by atoms with Crippen molar-refractivity contribution in [3.63, 3.8) is 0 Å². The van der Waals surface area contributed by atoms with Crippen LogP contribution < -0.4 is 9.47 Å². The van der Waals surface area contributed by atoms with E-state index in [9.17, 15) is 5.11 Å². The van der Waals surface area contributed by atoms with Crippen LogP contribution in [0.5, 0.6) is 17.2 Å². The van der Waals surface area contributed by atoms with E-state index in [-0.39, 0.29) is 0 Å². The van der Waals surface area contributed by atoms with Crippen LogP contribution in [-0.2, 0) is 7.05 Å². The Morgan fingerprint density at radius 1 is 1.25 bits per heavy atom. The zero-order valence-corrected chi connectivity index (χ0v) is 12.5. The molecule has 1 N–H and O–H groups in total. The molecular weight excluding hydrogens is 256 g/mol. The van der Waals surface area contributed by atoms with Crippen molar-refractivity contribution in [3.05, 3.63) is 35.2 Å². The van der Waals surface area contributed by atoms with Crippen LogP contribution in [-0.4, -0.2) is 22.0 Å². The van der Waals surface area contributed by atoms with Gasteiger partial charge in [-0.1, -0.05) is 6.07 Å². The van der Waals surface area contributed by atoms with Gasteiger partial charge in [0.05, 0.1) is 24.5 Å². The van der Waals surface area contributed by atoms with Gasteiger partial charge < -0.3 is 14.6 Å². The molecule has 1 aromatic heterocycles. The zero-order valence-electron chi connectivity index (χ0n) is 12.5. The molecule has 0 fully saturated rings. The van der Waals surface area contributed by atoms with Crippen LogP contribution in [0.4, 0.5) is 0 Å². The third kappa shape index (κ3) is 2.49. The number of hydrogen-bond donors (Lipinski definition) is 1. The molecule has 5 nitrogen and oxygen atoms in total. The summed E-state index contributed by atoms with van der Waals surface area (Å²) in [6, 6.07) is 5.45. The van der Waals surface area contributed by atoms with Crippen LogP contribution in [0.1, 0.15) is 30.0 Å². The highest BCUT2D eigenvalue weighted by Crippen LogP contribution is 2.38. The summed E-state index contributed by atoms with van der Waals surface area (Å²) in [5.41, 5.74) is 2.38. The first-order chi connectivity index (χ1) is 9.45. The van der Waals surface area contributed by atoms with Gasteiger partial charge in [0.25, 0.3) is 0 Å². The lowest BCUT2D eigenvalue weighted by Crippen LogP contribution is -2.01. The highest BCUT2D eigenvalue weighted by molar-refractivity contribution is 5.49. The Kier molecular flexibility index (Phi) is 3.99. The third-order valence-electron chi connectivity index (χ3n) is 3.32. The number of rotatable bonds is 4. The Hall–Kier alpha value is -2.01. The molecule has 0 spiro atoms. The normalized spacial score (nSPS) is 12.3. The fourth-order valence-electron chi connectivity index (χ4n) is 2.21. The monoisotopic (exact) mass is 276 g/mol. The van der Waals surface area contributed by atoms with Crippen molar-refractivity contribution in [1.82, 2.24) is 9.78 Å². The Morgan fingerprint density at radius 3 is 2.40 bits per heavy atom. The first kappa shape index (κ1) is 14.4. The number of nitrogens with zero attached hydrogens (tertiary/aromatic N) is 2. The molecule has 108 valence electrons. The summed E-state index contributed by atoms with van der Waals surface area (Å²) in [5, 5.41) is 14.3. The van der Waals surface area contributed by atoms with Gasteiger partial charge in [0.2, 0.25) is 0 Å². The van der Waals surface area contributed by atoms with E-state index >= 15 is 0 Å². The summed E-state index contributed by atoms with van der Waals surface area (Å²) in [6.45, 7) is 5.52. The maximum atomic E-state index is 9.96. The number of benzene rings is 1. The number of aliphatic hydroxyl groups excluding tert-OH is 1. The average Bonchev–Trinajstić information content (AvgIpc) is 2.64. The minimum atomic E-state index is -0.682. The molecule has 5 heteroatoms. The van der Waals surface area contributed by atoms with Gasteiger partial charge in [-0.25, -0.2) is 0 Å². The molecule has 0 amide bonds. The van der Waals surface area contributed by atoms with Crippen molar-refractivity contribution in [2.75, 3.05) is 7.11 Å². The quantitative estimate of drug-likeness (QED) is 0.933. The number of aryl methyl sites for hydroxylation is 2. The molecule has 0 aliphatic heterocycles. The van der Waals surface area contributed by atoms with E-state index in [0.29, 0.717) is 22.8 Å². The number of aromatic nitrogens is 2. The molecule has 1 atom stereocenters. The van der Waals surface area contributed by atoms with E-state index < -0.39 is 6.10 Å². The van der Waals surface area contributed by atoms with Crippen molar-refractivity contribution in [1.29, 1.82) is 0 Å². The minimum absolute atomic E-state index is 0.582. The standard InChI is InChI=1S/C15H20N2O3/c1-9-15(10(2)17(4)16-9)20-13-8-6-7-12(19-5)14(13)11(3)18/h6-8,11,18H,1-5H3. The summed E-state index contributed by atoms with van der Waals surface area (Å²) >= 11 is 0. The van der Waals surface area contributed by atoms with E-state index in [0.717, 1.165) is 11.4 Å². The van der Waals surface area contributed by atoms with E-state index in [1.807, 2.05) is 33.0 Å². The highest BCUT2D eigenvalue weighted by atomic mass is 16.5. The lowest BCUT2D eigenvalue weighted by atomic mass is 10.1. The second-order valence-corrected chi connectivity index (χ2v) is 4.77. The molecular formula is C15H20N2O3. The van der Waals surface area contributed by atoms with Crippen LogP contribution >= 0.6 is 0 Å². The van der Waals surface area contributed by atoms with Crippen LogP contribution in [0, 0.1) is 13.8 Å². The molecule has 0 radical (unpaired) electrons. The zero-order chi connectivity index (χ0) is 14.9. The van der Waals surface area contributed by atoms with Crippen LogP contribution in [0.15, 0.2) is 18.2 Å². The highest BCUT2D eigenvalue weighted by Gasteiger charge is 2.19. The topological polar surface area (TPSA) is 56.5 Å². The van der Waals surface area contributed by atoms with Crippen LogP contribution in [0.3, 0.4) is 0 Å². The summed E-state index contributed by atoms with van der Waals surface area (Å²) < 4.78 is 13.0. The second-order valence-electron chi connectivity index (χ2n) is 4.77. The number of ether oxygens (including phenoxy) is 2. The van der Waals surface area contributed by atoms with Crippen molar-refractivity contribution in [2.24, 2.45) is 7.05 Å². The van der Waals surface area contributed by atoms with Gasteiger partial charge in [-0.05, 0) is 32.9 Å². The number of methoxy groups -OCH3 is 1. The molecule has 1 unspecified atom stereocenters. The smallest absolute Gasteiger partial charge is 0.171 e. The Morgan fingerprint density at radius 2 is 1.90 bits per heavy atom. The van der Waals surface area contributed by atoms with Gasteiger partial charge in [0, 0.05) is 7.05 Å². The Bertz CT molecular complexity index is 618. The largest absolute Gasteiger partial charge is 0.496 e. The van der Waals surface area contributed by atoms with Crippen molar-refractivity contribution in [3.8, 4) is 17.2 Å². The average molecular weight is 276 g/mol. The fraction of sp³-hybridized carbons (Fsp3) is 0.400. The van der Waals surface area contributed by atoms with Crippen LogP contribution in [0.25, 0.3) is 0 Å². The molecule has 0 bridgehead atoms. The SMILES string of the molecule is COc1cccc(Oc2c(C)nn(C)c2C)c1C(C)O. The van der Waals surface area contributed by atoms with Crippen molar-refractivity contribution in [2.45, 2.75) is 26.9 Å². The van der Waals surface area contributed by atoms with Gasteiger partial charge in [0.15, 0.2) is 5.75 Å². The summed E-state index contributed by atoms with van der Waals surface area (Å²) in [4.78, 5) is 0. The summed E-state index contributed by atoms with van der Waals surface area (Å²) in [5.74, 6) is 1.90. The Labute approximate surface area is 118 Å². The molecule has 20 heavy (non-hydrogen) atoms. The molecule has 0 saturated carbocycles. The molecule has 0 aliphatic rings. The van der Waals surface area contributed by atoms with Gasteiger partial charge in [0.1, 0.15) is 17.2 Å². The fourth-order valence-corrected chi connectivity index (χ4v) is 2.21. The first-order valence-electron chi connectivity index (χ1n) is 6.48. The predicted molar refractivity (Wildman–Crippen MR) is 76.4 cm³/mol. The number of aliphatic hydroxyl groups is 1. The van der Waals surface area contributed by atoms with E-state index in [4.69, 9.17) is 9.47 Å². The van der Waals surface area contributed by atoms with Crippen molar-refractivity contribution < 1.29 is 14.6 Å². The van der Waals surface area contributed by atoms with Crippen molar-refractivity contribution >= 4 is 0 Å². The van der Waals surface area contributed by atoms with Gasteiger partial charge in [-0.15, -0.1) is 0 Å². The third-order valence-corrected chi connectivity index (χ3v) is 3.32. The summed E-state index contributed by atoms with van der Waals surface area (Å²) in [7, 11) is 3.45. The lowest BCUT2D eigenvalue weighted by Gasteiger charge is -2.16. The van der Waals surface area contributed by atoms with E-state index in [2.05, 4.69) is 5.10 Å². The van der Waals surface area contributed by atoms with E-state index in [1.54, 1.807) is 24.8 Å². The lowest BCUT2D eigenvalue weighted by molar-refractivity contribution is 0.190. The van der Waals surface area contributed by atoms with Gasteiger partial charge in [-0.2, -0.15) is 5.10 Å². The summed E-state index contributed by atoms with van der Waals surface area (Å²) in [6.07, 6.45) is -0.682. The minimum Gasteiger partial charge on any atom is -0.496 e. The Balaban J connectivity index is 2.48. The molecule has 1 heterocycles. The molecule has 0 aliphatic carbocycles. The molecule has 2 aromatic rings. The molecule has 2 rings (SSSR count). The molecule has 0 saturated heterocycles. The maximum absolute atomic E-state index is 9.96. The first-order valence-corrected chi connectivity index (χ1v) is 6.48. The van der Waals surface area contributed by atoms with Crippen LogP contribution in [0.2, 0.25) is 0 Å². The van der Waals surface area contributed by atoms with Gasteiger partial charge >= 0.3 is 0 Å². The predicted octanol–water partition coefficient (Wildman–Crippen LogP) is 2.89. The maximum Gasteiger partial charge on any atom is 0.171 e. The molecule has 1 aromatic carbocycles.